The monoisotopic (exact) mass is 188 g/mol. The Balaban J connectivity index is 2.58. The molecule has 1 rings (SSSR count). The first-order valence-electron chi connectivity index (χ1n) is 4.47. The molecule has 0 amide bonds. The Bertz CT molecular complexity index is 355. The van der Waals surface area contributed by atoms with Crippen LogP contribution in [0.2, 0.25) is 0 Å². The highest BCUT2D eigenvalue weighted by Gasteiger charge is 2.03. The molecule has 0 bridgehead atoms. The van der Waals surface area contributed by atoms with Gasteiger partial charge in [0.2, 0.25) is 0 Å². The maximum atomic E-state index is 11.3. The first-order chi connectivity index (χ1) is 6.70. The van der Waals surface area contributed by atoms with Crippen molar-refractivity contribution in [3.05, 3.63) is 35.9 Å². The number of hydrogen-bond donors (Lipinski definition) is 0. The lowest BCUT2D eigenvalue weighted by molar-refractivity contribution is 0.0690. The SMILES string of the molecule is CC(C)C#COC(=O)c1ccccc1. The number of rotatable bonds is 1. The lowest BCUT2D eigenvalue weighted by Crippen LogP contribution is -2.00. The Morgan fingerprint density at radius 1 is 1.29 bits per heavy atom. The van der Waals surface area contributed by atoms with Crippen LogP contribution in [0.5, 0.6) is 0 Å². The van der Waals surface area contributed by atoms with Gasteiger partial charge in [0, 0.05) is 5.92 Å². The van der Waals surface area contributed by atoms with Gasteiger partial charge in [0.1, 0.15) is 6.11 Å². The van der Waals surface area contributed by atoms with Crippen molar-refractivity contribution in [1.29, 1.82) is 0 Å². The van der Waals surface area contributed by atoms with E-state index in [9.17, 15) is 4.79 Å². The van der Waals surface area contributed by atoms with Gasteiger partial charge in [0.25, 0.3) is 0 Å². The van der Waals surface area contributed by atoms with E-state index < -0.39 is 5.97 Å². The molecule has 1 aromatic rings. The molecule has 0 aliphatic rings. The number of hydrogen-bond acceptors (Lipinski definition) is 2. The van der Waals surface area contributed by atoms with E-state index in [2.05, 4.69) is 12.0 Å². The van der Waals surface area contributed by atoms with Gasteiger partial charge in [0.05, 0.1) is 5.56 Å². The number of ether oxygens (including phenoxy) is 1. The minimum Gasteiger partial charge on any atom is -0.369 e. The molecular formula is C12H12O2. The van der Waals surface area contributed by atoms with Gasteiger partial charge in [-0.15, -0.1) is 0 Å². The van der Waals surface area contributed by atoms with Crippen molar-refractivity contribution in [1.82, 2.24) is 0 Å². The van der Waals surface area contributed by atoms with Crippen LogP contribution in [0, 0.1) is 17.9 Å². The maximum Gasteiger partial charge on any atom is 0.352 e. The van der Waals surface area contributed by atoms with Gasteiger partial charge in [-0.1, -0.05) is 38.0 Å². The number of benzene rings is 1. The van der Waals surface area contributed by atoms with E-state index in [0.717, 1.165) is 0 Å². The van der Waals surface area contributed by atoms with E-state index in [-0.39, 0.29) is 5.92 Å². The normalized spacial score (nSPS) is 9.07. The highest BCUT2D eigenvalue weighted by atomic mass is 16.5. The molecular weight excluding hydrogens is 176 g/mol. The first-order valence-corrected chi connectivity index (χ1v) is 4.47. The van der Waals surface area contributed by atoms with Gasteiger partial charge < -0.3 is 4.74 Å². The van der Waals surface area contributed by atoms with E-state index in [1.54, 1.807) is 24.3 Å². The summed E-state index contributed by atoms with van der Waals surface area (Å²) in [6.45, 7) is 3.87. The molecule has 0 aliphatic carbocycles. The molecule has 0 aliphatic heterocycles. The van der Waals surface area contributed by atoms with Crippen molar-refractivity contribution >= 4 is 5.97 Å². The number of carbonyl (C=O) groups is 1. The Morgan fingerprint density at radius 2 is 1.93 bits per heavy atom. The molecule has 0 atom stereocenters. The molecule has 0 unspecified atom stereocenters. The predicted molar refractivity (Wildman–Crippen MR) is 54.5 cm³/mol. The zero-order valence-electron chi connectivity index (χ0n) is 8.28. The van der Waals surface area contributed by atoms with E-state index in [0.29, 0.717) is 5.56 Å². The van der Waals surface area contributed by atoms with Crippen LogP contribution in [0.4, 0.5) is 0 Å². The highest BCUT2D eigenvalue weighted by Crippen LogP contribution is 2.00. The second-order valence-corrected chi connectivity index (χ2v) is 3.16. The summed E-state index contributed by atoms with van der Waals surface area (Å²) >= 11 is 0. The fourth-order valence-corrected chi connectivity index (χ4v) is 0.827. The summed E-state index contributed by atoms with van der Waals surface area (Å²) in [5.41, 5.74) is 0.519. The standard InChI is InChI=1S/C12H12O2/c1-10(2)8-9-14-12(13)11-6-4-3-5-7-11/h3-7,10H,1-2H3. The fourth-order valence-electron chi connectivity index (χ4n) is 0.827. The predicted octanol–water partition coefficient (Wildman–Crippen LogP) is 2.46. The highest BCUT2D eigenvalue weighted by molar-refractivity contribution is 5.89. The van der Waals surface area contributed by atoms with Gasteiger partial charge >= 0.3 is 5.97 Å². The van der Waals surface area contributed by atoms with Crippen LogP contribution >= 0.6 is 0 Å². The van der Waals surface area contributed by atoms with Crippen molar-refractivity contribution in [3.63, 3.8) is 0 Å². The van der Waals surface area contributed by atoms with E-state index in [4.69, 9.17) is 4.74 Å². The average molecular weight is 188 g/mol. The summed E-state index contributed by atoms with van der Waals surface area (Å²) in [6.07, 6.45) is 2.38. The molecule has 0 aromatic heterocycles. The van der Waals surface area contributed by atoms with Crippen molar-refractivity contribution in [2.45, 2.75) is 13.8 Å². The van der Waals surface area contributed by atoms with Gasteiger partial charge in [-0.05, 0) is 12.1 Å². The zero-order chi connectivity index (χ0) is 10.4. The zero-order valence-corrected chi connectivity index (χ0v) is 8.28. The van der Waals surface area contributed by atoms with Crippen molar-refractivity contribution in [3.8, 4) is 12.0 Å². The van der Waals surface area contributed by atoms with Crippen molar-refractivity contribution < 1.29 is 9.53 Å². The Labute approximate surface area is 83.9 Å². The molecule has 0 fully saturated rings. The first kappa shape index (κ1) is 10.3. The van der Waals surface area contributed by atoms with Crippen LogP contribution in [0.25, 0.3) is 0 Å². The molecule has 1 aromatic carbocycles. The Kier molecular flexibility index (Phi) is 3.75. The molecule has 0 radical (unpaired) electrons. The summed E-state index contributed by atoms with van der Waals surface area (Å²) in [7, 11) is 0. The van der Waals surface area contributed by atoms with E-state index in [1.807, 2.05) is 19.9 Å². The number of carbonyl (C=O) groups excluding carboxylic acids is 1. The molecule has 2 nitrogen and oxygen atoms in total. The third-order valence-electron chi connectivity index (χ3n) is 1.50. The van der Waals surface area contributed by atoms with Crippen LogP contribution in [0.15, 0.2) is 30.3 Å². The van der Waals surface area contributed by atoms with Gasteiger partial charge in [-0.2, -0.15) is 0 Å². The second kappa shape index (κ2) is 5.08. The van der Waals surface area contributed by atoms with Crippen molar-refractivity contribution in [2.24, 2.45) is 5.92 Å². The molecule has 0 N–H and O–H groups in total. The summed E-state index contributed by atoms with van der Waals surface area (Å²) < 4.78 is 4.74. The van der Waals surface area contributed by atoms with E-state index >= 15 is 0 Å². The van der Waals surface area contributed by atoms with E-state index in [1.165, 1.54) is 0 Å². The molecule has 0 saturated heterocycles. The Morgan fingerprint density at radius 3 is 2.50 bits per heavy atom. The summed E-state index contributed by atoms with van der Waals surface area (Å²) in [5.74, 6) is 2.56. The number of esters is 1. The van der Waals surface area contributed by atoms with Crippen LogP contribution in [-0.2, 0) is 4.74 Å². The Hall–Kier alpha value is -1.75. The molecule has 0 saturated carbocycles. The lowest BCUT2D eigenvalue weighted by atomic mass is 10.2. The molecule has 0 spiro atoms. The topological polar surface area (TPSA) is 26.3 Å². The van der Waals surface area contributed by atoms with Crippen LogP contribution in [0.3, 0.4) is 0 Å². The van der Waals surface area contributed by atoms with Crippen LogP contribution in [0.1, 0.15) is 24.2 Å². The third-order valence-corrected chi connectivity index (χ3v) is 1.50. The van der Waals surface area contributed by atoms with Gasteiger partial charge in [-0.25, -0.2) is 4.79 Å². The summed E-state index contributed by atoms with van der Waals surface area (Å²) in [6, 6.07) is 8.80. The molecule has 14 heavy (non-hydrogen) atoms. The van der Waals surface area contributed by atoms with Crippen molar-refractivity contribution in [2.75, 3.05) is 0 Å². The molecule has 2 heteroatoms. The molecule has 0 heterocycles. The second-order valence-electron chi connectivity index (χ2n) is 3.16. The summed E-state index contributed by atoms with van der Waals surface area (Å²) in [5, 5.41) is 0. The minimum absolute atomic E-state index is 0.207. The van der Waals surface area contributed by atoms with Gasteiger partial charge in [0.15, 0.2) is 0 Å². The summed E-state index contributed by atoms with van der Waals surface area (Å²) in [4.78, 5) is 11.3. The smallest absolute Gasteiger partial charge is 0.352 e. The van der Waals surface area contributed by atoms with Crippen LogP contribution in [-0.4, -0.2) is 5.97 Å². The minimum atomic E-state index is -0.404. The fraction of sp³-hybridized carbons (Fsp3) is 0.250. The van der Waals surface area contributed by atoms with Crippen LogP contribution < -0.4 is 0 Å². The maximum absolute atomic E-state index is 11.3. The van der Waals surface area contributed by atoms with Gasteiger partial charge in [-0.3, -0.25) is 0 Å². The third kappa shape index (κ3) is 3.32. The quantitative estimate of drug-likeness (QED) is 0.500. The largest absolute Gasteiger partial charge is 0.369 e. The average Bonchev–Trinajstić information content (AvgIpc) is 2.18. The lowest BCUT2D eigenvalue weighted by Gasteiger charge is -1.95. The molecule has 72 valence electrons.